The standard InChI is InChI=1S/C19H20FN3O2/c1-23-19(21-13-6-4-5-12(20)9-13)15-7-11-8-16(24-2)17(25-3)10-14(11)18(15)22-23/h4-6,8-9,21-22H,7,10H2,1-3H3. The maximum atomic E-state index is 13.5. The minimum Gasteiger partial charge on any atom is -0.497 e. The Morgan fingerprint density at radius 2 is 2.00 bits per heavy atom. The van der Waals surface area contributed by atoms with E-state index < -0.39 is 0 Å². The first-order chi connectivity index (χ1) is 12.1. The Hall–Kier alpha value is -2.89. The summed E-state index contributed by atoms with van der Waals surface area (Å²) in [6.07, 6.45) is 3.53. The Balaban J connectivity index is 1.70. The minimum absolute atomic E-state index is 0.260. The molecule has 0 atom stereocenters. The minimum atomic E-state index is -0.260. The van der Waals surface area contributed by atoms with Crippen molar-refractivity contribution in [2.24, 2.45) is 0 Å². The number of halogens is 1. The molecule has 6 heteroatoms. The highest BCUT2D eigenvalue weighted by molar-refractivity contribution is 5.64. The predicted molar refractivity (Wildman–Crippen MR) is 93.3 cm³/mol. The van der Waals surface area contributed by atoms with Crippen LogP contribution in [0.15, 0.2) is 70.1 Å². The van der Waals surface area contributed by atoms with Crippen molar-refractivity contribution < 1.29 is 13.9 Å². The zero-order valence-electron chi connectivity index (χ0n) is 14.4. The molecule has 0 fully saturated rings. The zero-order chi connectivity index (χ0) is 17.6. The van der Waals surface area contributed by atoms with Crippen LogP contribution in [0.2, 0.25) is 0 Å². The first-order valence-electron chi connectivity index (χ1n) is 8.12. The second-order valence-electron chi connectivity index (χ2n) is 6.21. The van der Waals surface area contributed by atoms with Crippen LogP contribution in [0, 0.1) is 5.82 Å². The fourth-order valence-corrected chi connectivity index (χ4v) is 3.53. The lowest BCUT2D eigenvalue weighted by atomic mass is 9.98. The van der Waals surface area contributed by atoms with Gasteiger partial charge in [0.1, 0.15) is 17.4 Å². The maximum Gasteiger partial charge on any atom is 0.157 e. The highest BCUT2D eigenvalue weighted by atomic mass is 19.1. The molecule has 3 aliphatic rings. The third-order valence-corrected chi connectivity index (χ3v) is 4.73. The quantitative estimate of drug-likeness (QED) is 0.879. The molecule has 25 heavy (non-hydrogen) atoms. The van der Waals surface area contributed by atoms with E-state index in [2.05, 4.69) is 10.7 Å². The largest absolute Gasteiger partial charge is 0.497 e. The number of nitrogens with zero attached hydrogens (tertiary/aromatic N) is 1. The van der Waals surface area contributed by atoms with Crippen LogP contribution >= 0.6 is 0 Å². The van der Waals surface area contributed by atoms with E-state index in [4.69, 9.17) is 9.47 Å². The number of hydrogen-bond acceptors (Lipinski definition) is 5. The monoisotopic (exact) mass is 341 g/mol. The second-order valence-corrected chi connectivity index (χ2v) is 6.21. The molecule has 4 rings (SSSR count). The number of ether oxygens (including phenoxy) is 2. The van der Waals surface area contributed by atoms with E-state index in [9.17, 15) is 4.39 Å². The predicted octanol–water partition coefficient (Wildman–Crippen LogP) is 3.39. The van der Waals surface area contributed by atoms with Gasteiger partial charge in [0.25, 0.3) is 0 Å². The Morgan fingerprint density at radius 3 is 2.72 bits per heavy atom. The number of nitrogens with one attached hydrogen (secondary N) is 2. The van der Waals surface area contributed by atoms with Gasteiger partial charge in [0.05, 0.1) is 19.9 Å². The van der Waals surface area contributed by atoms with Gasteiger partial charge in [0.2, 0.25) is 0 Å². The van der Waals surface area contributed by atoms with Crippen molar-refractivity contribution in [1.82, 2.24) is 10.4 Å². The Bertz CT molecular complexity index is 867. The van der Waals surface area contributed by atoms with Gasteiger partial charge >= 0.3 is 0 Å². The lowest BCUT2D eigenvalue weighted by Crippen LogP contribution is -2.30. The summed E-state index contributed by atoms with van der Waals surface area (Å²) in [5, 5.41) is 5.26. The topological polar surface area (TPSA) is 45.8 Å². The van der Waals surface area contributed by atoms with Gasteiger partial charge in [-0.1, -0.05) is 6.07 Å². The summed E-state index contributed by atoms with van der Waals surface area (Å²) in [6.45, 7) is 0. The van der Waals surface area contributed by atoms with Crippen molar-refractivity contribution in [2.75, 3.05) is 26.6 Å². The fraction of sp³-hybridized carbons (Fsp3) is 0.263. The van der Waals surface area contributed by atoms with Crippen LogP contribution in [-0.2, 0) is 9.47 Å². The van der Waals surface area contributed by atoms with E-state index >= 15 is 0 Å². The molecule has 0 spiro atoms. The zero-order valence-corrected chi connectivity index (χ0v) is 14.4. The Morgan fingerprint density at radius 1 is 1.16 bits per heavy atom. The van der Waals surface area contributed by atoms with Crippen molar-refractivity contribution in [3.05, 3.63) is 75.9 Å². The first kappa shape index (κ1) is 15.6. The van der Waals surface area contributed by atoms with E-state index in [0.29, 0.717) is 6.42 Å². The van der Waals surface area contributed by atoms with Gasteiger partial charge in [0, 0.05) is 31.1 Å². The summed E-state index contributed by atoms with van der Waals surface area (Å²) in [4.78, 5) is 0. The number of methoxy groups -OCH3 is 2. The van der Waals surface area contributed by atoms with Gasteiger partial charge in [-0.15, -0.1) is 0 Å². The molecule has 1 aromatic rings. The average Bonchev–Trinajstić information content (AvgIpc) is 3.09. The molecule has 1 heterocycles. The molecular formula is C19H20FN3O2. The van der Waals surface area contributed by atoms with Crippen molar-refractivity contribution in [3.8, 4) is 0 Å². The molecule has 0 radical (unpaired) electrons. The molecule has 0 saturated heterocycles. The third kappa shape index (κ3) is 2.54. The fourth-order valence-electron chi connectivity index (χ4n) is 3.53. The maximum absolute atomic E-state index is 13.5. The summed E-state index contributed by atoms with van der Waals surface area (Å²) in [7, 11) is 5.26. The molecule has 2 N–H and O–H groups in total. The second kappa shape index (κ2) is 5.88. The van der Waals surface area contributed by atoms with E-state index in [1.54, 1.807) is 20.3 Å². The van der Waals surface area contributed by atoms with Gasteiger partial charge in [-0.2, -0.15) is 0 Å². The van der Waals surface area contributed by atoms with Crippen molar-refractivity contribution >= 4 is 5.69 Å². The van der Waals surface area contributed by atoms with E-state index in [-0.39, 0.29) is 5.82 Å². The van der Waals surface area contributed by atoms with E-state index in [1.807, 2.05) is 24.2 Å². The highest BCUT2D eigenvalue weighted by Crippen LogP contribution is 2.45. The van der Waals surface area contributed by atoms with E-state index in [1.165, 1.54) is 28.9 Å². The summed E-state index contributed by atoms with van der Waals surface area (Å²) in [5.41, 5.74) is 8.83. The Labute approximate surface area is 146 Å². The van der Waals surface area contributed by atoms with Crippen LogP contribution < -0.4 is 10.7 Å². The number of benzene rings is 1. The van der Waals surface area contributed by atoms with Gasteiger partial charge in [-0.25, -0.2) is 4.39 Å². The van der Waals surface area contributed by atoms with Gasteiger partial charge in [0.15, 0.2) is 5.76 Å². The normalized spacial score (nSPS) is 18.9. The molecule has 0 saturated carbocycles. The molecule has 0 aromatic heterocycles. The summed E-state index contributed by atoms with van der Waals surface area (Å²) in [5.74, 6) is 2.27. The number of hydrogen-bond donors (Lipinski definition) is 2. The number of anilines is 1. The van der Waals surface area contributed by atoms with Crippen LogP contribution in [-0.4, -0.2) is 26.3 Å². The lowest BCUT2D eigenvalue weighted by Gasteiger charge is -2.22. The molecule has 1 aromatic carbocycles. The van der Waals surface area contributed by atoms with Crippen molar-refractivity contribution in [3.63, 3.8) is 0 Å². The SMILES string of the molecule is COC1=C(OC)CC2=C3NN(C)C(Nc4cccc(F)c4)=C3CC2=C1. The highest BCUT2D eigenvalue weighted by Gasteiger charge is 2.36. The van der Waals surface area contributed by atoms with Crippen molar-refractivity contribution in [1.29, 1.82) is 0 Å². The number of hydrazine groups is 1. The third-order valence-electron chi connectivity index (χ3n) is 4.73. The molecule has 5 nitrogen and oxygen atoms in total. The molecule has 130 valence electrons. The molecule has 0 unspecified atom stereocenters. The number of fused-ring (bicyclic) bond motifs is 2. The van der Waals surface area contributed by atoms with Crippen LogP contribution in [0.3, 0.4) is 0 Å². The molecule has 0 bridgehead atoms. The summed E-state index contributed by atoms with van der Waals surface area (Å²) < 4.78 is 24.4. The molecular weight excluding hydrogens is 321 g/mol. The summed E-state index contributed by atoms with van der Waals surface area (Å²) >= 11 is 0. The van der Waals surface area contributed by atoms with E-state index in [0.717, 1.165) is 35.1 Å². The first-order valence-corrected chi connectivity index (χ1v) is 8.12. The average molecular weight is 341 g/mol. The van der Waals surface area contributed by atoms with Crippen LogP contribution in [0.5, 0.6) is 0 Å². The van der Waals surface area contributed by atoms with Gasteiger partial charge < -0.3 is 14.8 Å². The smallest absolute Gasteiger partial charge is 0.157 e. The number of rotatable bonds is 4. The van der Waals surface area contributed by atoms with Crippen LogP contribution in [0.25, 0.3) is 0 Å². The van der Waals surface area contributed by atoms with Gasteiger partial charge in [-0.05, 0) is 35.4 Å². The lowest BCUT2D eigenvalue weighted by molar-refractivity contribution is 0.223. The van der Waals surface area contributed by atoms with Crippen LogP contribution in [0.4, 0.5) is 10.1 Å². The molecule has 0 amide bonds. The number of allylic oxidation sites excluding steroid dienone is 4. The van der Waals surface area contributed by atoms with Gasteiger partial charge in [-0.3, -0.25) is 10.4 Å². The Kier molecular flexibility index (Phi) is 3.67. The summed E-state index contributed by atoms with van der Waals surface area (Å²) in [6, 6.07) is 6.47. The van der Waals surface area contributed by atoms with Crippen LogP contribution in [0.1, 0.15) is 12.8 Å². The molecule has 1 aliphatic heterocycles. The molecule has 2 aliphatic carbocycles. The van der Waals surface area contributed by atoms with Crippen molar-refractivity contribution in [2.45, 2.75) is 12.8 Å².